The predicted octanol–water partition coefficient (Wildman–Crippen LogP) is 2.44. The van der Waals surface area contributed by atoms with Gasteiger partial charge in [-0.2, -0.15) is 0 Å². The summed E-state index contributed by atoms with van der Waals surface area (Å²) in [5, 5.41) is 21.7. The van der Waals surface area contributed by atoms with E-state index in [9.17, 15) is 19.5 Å². The zero-order valence-electron chi connectivity index (χ0n) is 12.8. The zero-order chi connectivity index (χ0) is 18.1. The van der Waals surface area contributed by atoms with Crippen molar-refractivity contribution in [2.45, 2.75) is 12.5 Å². The fraction of sp³-hybridized carbons (Fsp3) is 0.118. The molecule has 0 saturated carbocycles. The van der Waals surface area contributed by atoms with Crippen molar-refractivity contribution in [3.63, 3.8) is 0 Å². The fourth-order valence-electron chi connectivity index (χ4n) is 2.60. The van der Waals surface area contributed by atoms with Crippen LogP contribution in [-0.4, -0.2) is 34.0 Å². The maximum Gasteiger partial charge on any atom is 0.339 e. The summed E-state index contributed by atoms with van der Waals surface area (Å²) in [5.74, 6) is -2.66. The number of anilines is 2. The third-order valence-electron chi connectivity index (χ3n) is 3.80. The van der Waals surface area contributed by atoms with Crippen LogP contribution in [0.15, 0.2) is 42.5 Å². The second kappa shape index (κ2) is 6.71. The van der Waals surface area contributed by atoms with Gasteiger partial charge in [-0.05, 0) is 59.0 Å². The Morgan fingerprint density at radius 1 is 1.16 bits per heavy atom. The van der Waals surface area contributed by atoms with Crippen molar-refractivity contribution in [2.75, 3.05) is 10.2 Å². The molecule has 1 aliphatic heterocycles. The van der Waals surface area contributed by atoms with Crippen molar-refractivity contribution in [2.24, 2.45) is 0 Å². The highest BCUT2D eigenvalue weighted by Crippen LogP contribution is 2.29. The number of aromatic hydroxyl groups is 1. The van der Waals surface area contributed by atoms with E-state index in [0.717, 1.165) is 26.3 Å². The van der Waals surface area contributed by atoms with E-state index in [4.69, 9.17) is 5.11 Å². The molecule has 1 fully saturated rings. The lowest BCUT2D eigenvalue weighted by molar-refractivity contribution is -0.121. The van der Waals surface area contributed by atoms with Gasteiger partial charge in [0.1, 0.15) is 17.4 Å². The number of halogens is 1. The number of carbonyl (C=O) groups is 3. The van der Waals surface area contributed by atoms with Crippen LogP contribution in [0.3, 0.4) is 0 Å². The Bertz CT molecular complexity index is 866. The number of carboxylic acid groups (broad SMARTS) is 1. The number of hydrogen-bond acceptors (Lipinski definition) is 5. The van der Waals surface area contributed by atoms with Gasteiger partial charge < -0.3 is 15.5 Å². The molecule has 2 aromatic carbocycles. The standard InChI is InChI=1S/C17H13IN2O5/c18-9-1-3-10(4-2-9)19-13-8-15(22)20(16(13)23)11-5-6-12(17(24)25)14(21)7-11/h1-7,13,19,21H,8H2,(H,24,25). The van der Waals surface area contributed by atoms with Crippen molar-refractivity contribution in [3.8, 4) is 5.75 Å². The number of nitrogens with zero attached hydrogens (tertiary/aromatic N) is 1. The molecule has 0 radical (unpaired) electrons. The minimum Gasteiger partial charge on any atom is -0.507 e. The van der Waals surface area contributed by atoms with Crippen LogP contribution in [0, 0.1) is 3.57 Å². The van der Waals surface area contributed by atoms with E-state index in [1.165, 1.54) is 6.07 Å². The van der Waals surface area contributed by atoms with Crippen LogP contribution in [0.5, 0.6) is 5.75 Å². The third kappa shape index (κ3) is 3.43. The molecule has 2 aromatic rings. The van der Waals surface area contributed by atoms with Crippen molar-refractivity contribution >= 4 is 51.7 Å². The fourth-order valence-corrected chi connectivity index (χ4v) is 2.96. The molecule has 128 valence electrons. The average molecular weight is 452 g/mol. The number of benzene rings is 2. The summed E-state index contributed by atoms with van der Waals surface area (Å²) < 4.78 is 1.05. The topological polar surface area (TPSA) is 107 Å². The molecule has 0 spiro atoms. The van der Waals surface area contributed by atoms with Gasteiger partial charge in [-0.15, -0.1) is 0 Å². The number of carbonyl (C=O) groups excluding carboxylic acids is 2. The van der Waals surface area contributed by atoms with E-state index in [-0.39, 0.29) is 17.7 Å². The van der Waals surface area contributed by atoms with E-state index in [1.807, 2.05) is 24.3 Å². The van der Waals surface area contributed by atoms with Crippen LogP contribution in [0.1, 0.15) is 16.8 Å². The lowest BCUT2D eigenvalue weighted by Gasteiger charge is -2.17. The molecule has 1 atom stereocenters. The molecule has 3 N–H and O–H groups in total. The van der Waals surface area contributed by atoms with Gasteiger partial charge in [-0.1, -0.05) is 0 Å². The summed E-state index contributed by atoms with van der Waals surface area (Å²) in [5.41, 5.74) is 0.568. The number of carboxylic acids is 1. The Hall–Kier alpha value is -2.62. The Morgan fingerprint density at radius 2 is 1.84 bits per heavy atom. The SMILES string of the molecule is O=C(O)c1ccc(N2C(=O)CC(Nc3ccc(I)cc3)C2=O)cc1O. The lowest BCUT2D eigenvalue weighted by atomic mass is 10.1. The quantitative estimate of drug-likeness (QED) is 0.486. The van der Waals surface area contributed by atoms with E-state index in [1.54, 1.807) is 0 Å². The zero-order valence-corrected chi connectivity index (χ0v) is 14.9. The van der Waals surface area contributed by atoms with Gasteiger partial charge in [0, 0.05) is 15.3 Å². The van der Waals surface area contributed by atoms with Gasteiger partial charge in [-0.25, -0.2) is 9.69 Å². The molecule has 1 aliphatic rings. The molecule has 1 unspecified atom stereocenters. The van der Waals surface area contributed by atoms with Crippen LogP contribution >= 0.6 is 22.6 Å². The highest BCUT2D eigenvalue weighted by molar-refractivity contribution is 14.1. The first kappa shape index (κ1) is 17.2. The molecule has 25 heavy (non-hydrogen) atoms. The maximum atomic E-state index is 12.6. The Morgan fingerprint density at radius 3 is 2.44 bits per heavy atom. The van der Waals surface area contributed by atoms with Crippen LogP contribution in [0.4, 0.5) is 11.4 Å². The van der Waals surface area contributed by atoms with Gasteiger partial charge >= 0.3 is 5.97 Å². The summed E-state index contributed by atoms with van der Waals surface area (Å²) in [7, 11) is 0. The molecule has 0 aliphatic carbocycles. The van der Waals surface area contributed by atoms with Crippen molar-refractivity contribution in [3.05, 3.63) is 51.6 Å². The molecule has 2 amide bonds. The number of aromatic carboxylic acids is 1. The first-order chi connectivity index (χ1) is 11.9. The van der Waals surface area contributed by atoms with Gasteiger partial charge in [0.2, 0.25) is 5.91 Å². The van der Waals surface area contributed by atoms with Crippen molar-refractivity contribution in [1.29, 1.82) is 0 Å². The Kier molecular flexibility index (Phi) is 4.62. The molecule has 0 aromatic heterocycles. The van der Waals surface area contributed by atoms with Crippen LogP contribution in [0.2, 0.25) is 0 Å². The van der Waals surface area contributed by atoms with E-state index in [0.29, 0.717) is 0 Å². The predicted molar refractivity (Wildman–Crippen MR) is 98.7 cm³/mol. The van der Waals surface area contributed by atoms with Gasteiger partial charge in [0.05, 0.1) is 12.1 Å². The maximum absolute atomic E-state index is 12.6. The van der Waals surface area contributed by atoms with Crippen molar-refractivity contribution < 1.29 is 24.6 Å². The van der Waals surface area contributed by atoms with Crippen LogP contribution in [-0.2, 0) is 9.59 Å². The molecule has 3 rings (SSSR count). The molecule has 8 heteroatoms. The number of rotatable bonds is 4. The number of hydrogen-bond donors (Lipinski definition) is 3. The highest BCUT2D eigenvalue weighted by atomic mass is 127. The Labute approximate surface area is 156 Å². The molecular weight excluding hydrogens is 439 g/mol. The van der Waals surface area contributed by atoms with Gasteiger partial charge in [0.15, 0.2) is 0 Å². The summed E-state index contributed by atoms with van der Waals surface area (Å²) in [6, 6.07) is 10.3. The van der Waals surface area contributed by atoms with Crippen molar-refractivity contribution in [1.82, 2.24) is 0 Å². The number of phenols is 1. The first-order valence-electron chi connectivity index (χ1n) is 7.32. The van der Waals surface area contributed by atoms with E-state index in [2.05, 4.69) is 27.9 Å². The second-order valence-electron chi connectivity index (χ2n) is 5.48. The molecule has 0 bridgehead atoms. The highest BCUT2D eigenvalue weighted by Gasteiger charge is 2.39. The normalized spacial score (nSPS) is 17.0. The minimum absolute atomic E-state index is 0.0216. The number of imide groups is 1. The smallest absolute Gasteiger partial charge is 0.339 e. The monoisotopic (exact) mass is 452 g/mol. The van der Waals surface area contributed by atoms with Crippen LogP contribution in [0.25, 0.3) is 0 Å². The van der Waals surface area contributed by atoms with Gasteiger partial charge in [-0.3, -0.25) is 9.59 Å². The average Bonchev–Trinajstić information content (AvgIpc) is 2.83. The first-order valence-corrected chi connectivity index (χ1v) is 8.40. The molecular formula is C17H13IN2O5. The summed E-state index contributed by atoms with van der Waals surface area (Å²) >= 11 is 2.17. The lowest BCUT2D eigenvalue weighted by Crippen LogP contribution is -2.34. The molecule has 1 heterocycles. The number of nitrogens with one attached hydrogen (secondary N) is 1. The molecule has 7 nitrogen and oxygen atoms in total. The Balaban J connectivity index is 1.82. The van der Waals surface area contributed by atoms with E-state index < -0.39 is 29.6 Å². The van der Waals surface area contributed by atoms with Gasteiger partial charge in [0.25, 0.3) is 5.91 Å². The molecule has 1 saturated heterocycles. The minimum atomic E-state index is -1.29. The summed E-state index contributed by atoms with van der Waals surface area (Å²) in [6.45, 7) is 0. The summed E-state index contributed by atoms with van der Waals surface area (Å²) in [4.78, 5) is 36.7. The number of amides is 2. The van der Waals surface area contributed by atoms with Crippen LogP contribution < -0.4 is 10.2 Å². The largest absolute Gasteiger partial charge is 0.507 e. The second-order valence-corrected chi connectivity index (χ2v) is 6.73. The summed E-state index contributed by atoms with van der Waals surface area (Å²) in [6.07, 6.45) is -0.0216. The van der Waals surface area contributed by atoms with E-state index >= 15 is 0 Å². The third-order valence-corrected chi connectivity index (χ3v) is 4.52.